The van der Waals surface area contributed by atoms with Crippen molar-refractivity contribution in [1.82, 2.24) is 9.80 Å². The summed E-state index contributed by atoms with van der Waals surface area (Å²) in [5.74, 6) is -0.373. The zero-order valence-electron chi connectivity index (χ0n) is 21.4. The number of aryl methyl sites for hydroxylation is 1. The van der Waals surface area contributed by atoms with E-state index in [0.29, 0.717) is 30.4 Å². The summed E-state index contributed by atoms with van der Waals surface area (Å²) in [4.78, 5) is 30.0. The number of hydrogen-bond acceptors (Lipinski definition) is 5. The molecule has 6 nitrogen and oxygen atoms in total. The monoisotopic (exact) mass is 476 g/mol. The topological polar surface area (TPSA) is 70.1 Å². The second kappa shape index (κ2) is 11.4. The Labute approximate surface area is 208 Å². The zero-order valence-corrected chi connectivity index (χ0v) is 21.4. The highest BCUT2D eigenvalue weighted by molar-refractivity contribution is 6.46. The highest BCUT2D eigenvalue weighted by atomic mass is 16.5. The van der Waals surface area contributed by atoms with Crippen molar-refractivity contribution < 1.29 is 19.4 Å². The lowest BCUT2D eigenvalue weighted by Crippen LogP contribution is -2.32. The minimum atomic E-state index is -0.657. The molecule has 1 aliphatic heterocycles. The molecule has 3 rings (SSSR count). The molecule has 1 fully saturated rings. The maximum atomic E-state index is 13.2. The number of aliphatic hydroxyl groups is 1. The molecular weight excluding hydrogens is 440 g/mol. The smallest absolute Gasteiger partial charge is 0.295 e. The molecule has 0 aromatic heterocycles. The predicted molar refractivity (Wildman–Crippen MR) is 140 cm³/mol. The largest absolute Gasteiger partial charge is 0.507 e. The number of carbonyl (C=O) groups excluding carboxylic acids is 2. The molecule has 1 saturated heterocycles. The third-order valence-electron chi connectivity index (χ3n) is 6.27. The first-order valence-electron chi connectivity index (χ1n) is 12.0. The summed E-state index contributed by atoms with van der Waals surface area (Å²) < 4.78 is 5.64. The molecule has 186 valence electrons. The van der Waals surface area contributed by atoms with E-state index < -0.39 is 17.7 Å². The molecule has 6 heteroatoms. The van der Waals surface area contributed by atoms with Crippen molar-refractivity contribution in [2.45, 2.75) is 39.2 Å². The first-order chi connectivity index (χ1) is 16.6. The molecular formula is C29H36N2O4. The first-order valence-corrected chi connectivity index (χ1v) is 12.0. The number of carbonyl (C=O) groups is 2. The third-order valence-corrected chi connectivity index (χ3v) is 6.27. The Balaban J connectivity index is 2.07. The second-order valence-electron chi connectivity index (χ2n) is 9.55. The van der Waals surface area contributed by atoms with Crippen LogP contribution in [-0.4, -0.2) is 60.4 Å². The molecule has 35 heavy (non-hydrogen) atoms. The Morgan fingerprint density at radius 1 is 1.17 bits per heavy atom. The molecule has 1 N–H and O–H groups in total. The number of Topliss-reactive ketones (excluding diaryl/α,β-unsaturated/α-hetero) is 1. The van der Waals surface area contributed by atoms with E-state index in [1.165, 1.54) is 5.56 Å². The molecule has 0 saturated carbocycles. The average molecular weight is 477 g/mol. The highest BCUT2D eigenvalue weighted by Gasteiger charge is 2.45. The fraction of sp³-hybridized carbons (Fsp3) is 0.379. The van der Waals surface area contributed by atoms with Crippen LogP contribution in [0.1, 0.15) is 54.5 Å². The van der Waals surface area contributed by atoms with Crippen LogP contribution in [0.2, 0.25) is 0 Å². The summed E-state index contributed by atoms with van der Waals surface area (Å²) in [7, 11) is 3.95. The summed E-state index contributed by atoms with van der Waals surface area (Å²) in [5, 5.41) is 11.3. The number of rotatable bonds is 10. The first kappa shape index (κ1) is 26.2. The highest BCUT2D eigenvalue weighted by Crippen LogP contribution is 2.40. The number of likely N-dealkylation sites (tertiary alicyclic amines) is 1. The van der Waals surface area contributed by atoms with Gasteiger partial charge in [0.2, 0.25) is 0 Å². The molecule has 2 aromatic carbocycles. The van der Waals surface area contributed by atoms with Crippen LogP contribution in [-0.2, 0) is 9.59 Å². The number of amides is 1. The quantitative estimate of drug-likeness (QED) is 0.225. The van der Waals surface area contributed by atoms with Crippen LogP contribution in [0, 0.1) is 6.92 Å². The molecule has 0 radical (unpaired) electrons. The van der Waals surface area contributed by atoms with E-state index >= 15 is 0 Å². The molecule has 1 amide bonds. The average Bonchev–Trinajstić information content (AvgIpc) is 3.07. The number of nitrogens with zero attached hydrogens (tertiary/aromatic N) is 2. The van der Waals surface area contributed by atoms with Gasteiger partial charge in [-0.05, 0) is 74.8 Å². The Morgan fingerprint density at radius 2 is 1.86 bits per heavy atom. The van der Waals surface area contributed by atoms with Crippen LogP contribution in [0.5, 0.6) is 5.75 Å². The fourth-order valence-corrected chi connectivity index (χ4v) is 4.34. The van der Waals surface area contributed by atoms with E-state index in [-0.39, 0.29) is 11.3 Å². The Morgan fingerprint density at radius 3 is 2.43 bits per heavy atom. The van der Waals surface area contributed by atoms with E-state index in [0.717, 1.165) is 24.1 Å². The van der Waals surface area contributed by atoms with Crippen molar-refractivity contribution in [3.05, 3.63) is 82.9 Å². The fourth-order valence-electron chi connectivity index (χ4n) is 4.34. The standard InChI is InChI=1S/C29H36N2O4/c1-7-17-35-24-14-13-23(18-20(24)4)27(32)25-26(22-11-9-21(10-12-22)19(2)3)31(29(34)28(25)33)16-8-15-30(5)6/h7,9-14,18-19,26,32H,1,8,15-17H2,2-6H3/t26-/m1/s1. The minimum absolute atomic E-state index is 0.122. The second-order valence-corrected chi connectivity index (χ2v) is 9.55. The lowest BCUT2D eigenvalue weighted by atomic mass is 9.93. The summed E-state index contributed by atoms with van der Waals surface area (Å²) >= 11 is 0. The van der Waals surface area contributed by atoms with Crippen molar-refractivity contribution in [3.63, 3.8) is 0 Å². The molecule has 0 aliphatic carbocycles. The maximum absolute atomic E-state index is 13.2. The SMILES string of the molecule is C=CCOc1ccc(C(O)=C2C(=O)C(=O)N(CCCN(C)C)[C@@H]2c2ccc(C(C)C)cc2)cc1C. The summed E-state index contributed by atoms with van der Waals surface area (Å²) in [6.07, 6.45) is 2.38. The molecule has 1 aliphatic rings. The van der Waals surface area contributed by atoms with Crippen LogP contribution in [0.25, 0.3) is 5.76 Å². The van der Waals surface area contributed by atoms with E-state index in [1.54, 1.807) is 29.2 Å². The maximum Gasteiger partial charge on any atom is 0.295 e. The molecule has 2 aromatic rings. The van der Waals surface area contributed by atoms with Gasteiger partial charge in [-0.2, -0.15) is 0 Å². The number of aliphatic hydroxyl groups excluding tert-OH is 1. The van der Waals surface area contributed by atoms with Crippen LogP contribution < -0.4 is 4.74 Å². The molecule has 0 bridgehead atoms. The number of hydrogen-bond donors (Lipinski definition) is 1. The summed E-state index contributed by atoms with van der Waals surface area (Å²) in [5.41, 5.74) is 3.39. The van der Waals surface area contributed by atoms with Crippen molar-refractivity contribution in [3.8, 4) is 5.75 Å². The van der Waals surface area contributed by atoms with Gasteiger partial charge in [0.15, 0.2) is 0 Å². The summed E-state index contributed by atoms with van der Waals surface area (Å²) in [6.45, 7) is 11.3. The van der Waals surface area contributed by atoms with Gasteiger partial charge in [0.1, 0.15) is 18.1 Å². The van der Waals surface area contributed by atoms with Crippen LogP contribution in [0.3, 0.4) is 0 Å². The zero-order chi connectivity index (χ0) is 25.7. The number of benzene rings is 2. The van der Waals surface area contributed by atoms with Crippen molar-refractivity contribution in [1.29, 1.82) is 0 Å². The predicted octanol–water partition coefficient (Wildman–Crippen LogP) is 5.06. The van der Waals surface area contributed by atoms with Crippen molar-refractivity contribution in [2.24, 2.45) is 0 Å². The van der Waals surface area contributed by atoms with Crippen molar-refractivity contribution >= 4 is 17.4 Å². The van der Waals surface area contributed by atoms with Gasteiger partial charge in [0.05, 0.1) is 11.6 Å². The minimum Gasteiger partial charge on any atom is -0.507 e. The lowest BCUT2D eigenvalue weighted by molar-refractivity contribution is -0.139. The lowest BCUT2D eigenvalue weighted by Gasteiger charge is -2.26. The van der Waals surface area contributed by atoms with E-state index in [4.69, 9.17) is 4.74 Å². The van der Waals surface area contributed by atoms with Crippen LogP contribution in [0.15, 0.2) is 60.7 Å². The third kappa shape index (κ3) is 5.82. The Hall–Kier alpha value is -3.38. The van der Waals surface area contributed by atoms with Crippen LogP contribution >= 0.6 is 0 Å². The van der Waals surface area contributed by atoms with E-state index in [1.807, 2.05) is 50.2 Å². The van der Waals surface area contributed by atoms with Gasteiger partial charge in [0, 0.05) is 12.1 Å². The normalized spacial score (nSPS) is 17.5. The van der Waals surface area contributed by atoms with E-state index in [2.05, 4.69) is 20.4 Å². The number of ether oxygens (including phenoxy) is 1. The summed E-state index contributed by atoms with van der Waals surface area (Å²) in [6, 6.07) is 12.5. The Bertz CT molecular complexity index is 1120. The van der Waals surface area contributed by atoms with Gasteiger partial charge in [-0.25, -0.2) is 0 Å². The van der Waals surface area contributed by atoms with Gasteiger partial charge in [-0.3, -0.25) is 9.59 Å². The Kier molecular flexibility index (Phi) is 8.52. The molecule has 0 spiro atoms. The molecule has 1 atom stereocenters. The van der Waals surface area contributed by atoms with Gasteiger partial charge in [-0.1, -0.05) is 50.8 Å². The van der Waals surface area contributed by atoms with Gasteiger partial charge in [-0.15, -0.1) is 0 Å². The molecule has 0 unspecified atom stereocenters. The van der Waals surface area contributed by atoms with E-state index in [9.17, 15) is 14.7 Å². The van der Waals surface area contributed by atoms with Gasteiger partial charge in [0.25, 0.3) is 11.7 Å². The molecule has 1 heterocycles. The van der Waals surface area contributed by atoms with Crippen LogP contribution in [0.4, 0.5) is 0 Å². The van der Waals surface area contributed by atoms with Gasteiger partial charge < -0.3 is 19.6 Å². The van der Waals surface area contributed by atoms with Gasteiger partial charge >= 0.3 is 0 Å². The van der Waals surface area contributed by atoms with Crippen molar-refractivity contribution in [2.75, 3.05) is 33.8 Å². The number of ketones is 1.